The highest BCUT2D eigenvalue weighted by atomic mass is 79.9. The molecular formula is C10H12BrF3N2. The van der Waals surface area contributed by atoms with Gasteiger partial charge in [-0.15, -0.1) is 0 Å². The molecular weight excluding hydrogens is 285 g/mol. The third kappa shape index (κ3) is 6.07. The van der Waals surface area contributed by atoms with E-state index in [1.54, 1.807) is 6.20 Å². The van der Waals surface area contributed by atoms with Crippen molar-refractivity contribution in [2.75, 3.05) is 6.54 Å². The Morgan fingerprint density at radius 2 is 2.06 bits per heavy atom. The predicted octanol–water partition coefficient (Wildman–Crippen LogP) is 3.28. The zero-order valence-corrected chi connectivity index (χ0v) is 10.1. The third-order valence-electron chi connectivity index (χ3n) is 1.91. The Labute approximate surface area is 100 Å². The number of rotatable bonds is 5. The Hall–Kier alpha value is -0.620. The summed E-state index contributed by atoms with van der Waals surface area (Å²) in [6.07, 6.45) is -3.04. The van der Waals surface area contributed by atoms with Crippen molar-refractivity contribution in [1.82, 2.24) is 10.3 Å². The topological polar surface area (TPSA) is 24.9 Å². The van der Waals surface area contributed by atoms with Gasteiger partial charge in [-0.05, 0) is 41.0 Å². The second kappa shape index (κ2) is 6.20. The van der Waals surface area contributed by atoms with E-state index in [0.717, 1.165) is 10.2 Å². The van der Waals surface area contributed by atoms with E-state index in [0.29, 0.717) is 13.1 Å². The lowest BCUT2D eigenvalue weighted by Crippen LogP contribution is -2.18. The molecule has 0 unspecified atom stereocenters. The van der Waals surface area contributed by atoms with Crippen LogP contribution in [-0.2, 0) is 6.54 Å². The van der Waals surface area contributed by atoms with E-state index in [2.05, 4.69) is 26.2 Å². The Morgan fingerprint density at radius 1 is 1.31 bits per heavy atom. The van der Waals surface area contributed by atoms with Crippen molar-refractivity contribution in [3.05, 3.63) is 28.5 Å². The van der Waals surface area contributed by atoms with E-state index in [4.69, 9.17) is 0 Å². The molecule has 0 aliphatic heterocycles. The number of nitrogens with one attached hydrogen (secondary N) is 1. The third-order valence-corrected chi connectivity index (χ3v) is 2.38. The van der Waals surface area contributed by atoms with Gasteiger partial charge in [0.25, 0.3) is 0 Å². The van der Waals surface area contributed by atoms with Crippen LogP contribution in [-0.4, -0.2) is 17.7 Å². The smallest absolute Gasteiger partial charge is 0.311 e. The maximum Gasteiger partial charge on any atom is 0.389 e. The Balaban J connectivity index is 2.14. The second-order valence-electron chi connectivity index (χ2n) is 3.36. The number of pyridine rings is 1. The molecule has 90 valence electrons. The minimum Gasteiger partial charge on any atom is -0.311 e. The van der Waals surface area contributed by atoms with Crippen molar-refractivity contribution in [3.8, 4) is 0 Å². The van der Waals surface area contributed by atoms with Gasteiger partial charge in [0.1, 0.15) is 0 Å². The van der Waals surface area contributed by atoms with E-state index in [1.165, 1.54) is 0 Å². The number of alkyl halides is 3. The lowest BCUT2D eigenvalue weighted by molar-refractivity contribution is -0.135. The van der Waals surface area contributed by atoms with Gasteiger partial charge >= 0.3 is 6.18 Å². The fraction of sp³-hybridized carbons (Fsp3) is 0.500. The largest absolute Gasteiger partial charge is 0.389 e. The van der Waals surface area contributed by atoms with Crippen LogP contribution in [0.25, 0.3) is 0 Å². The van der Waals surface area contributed by atoms with Crippen LogP contribution < -0.4 is 5.32 Å². The average molecular weight is 297 g/mol. The summed E-state index contributed by atoms with van der Waals surface area (Å²) in [5.41, 5.74) is 0.815. The first-order valence-electron chi connectivity index (χ1n) is 4.85. The molecule has 0 radical (unpaired) electrons. The molecule has 1 aromatic rings. The maximum absolute atomic E-state index is 11.8. The first kappa shape index (κ1) is 13.4. The molecule has 0 atom stereocenters. The van der Waals surface area contributed by atoms with Gasteiger partial charge in [0.15, 0.2) is 0 Å². The minimum atomic E-state index is -4.06. The summed E-state index contributed by atoms with van der Waals surface area (Å²) >= 11 is 3.25. The van der Waals surface area contributed by atoms with Crippen molar-refractivity contribution in [2.45, 2.75) is 25.6 Å². The minimum absolute atomic E-state index is 0.0973. The van der Waals surface area contributed by atoms with Crippen LogP contribution in [0.4, 0.5) is 13.2 Å². The molecule has 0 saturated heterocycles. The van der Waals surface area contributed by atoms with Gasteiger partial charge in [-0.1, -0.05) is 0 Å². The normalized spacial score (nSPS) is 11.8. The van der Waals surface area contributed by atoms with Gasteiger partial charge in [-0.25, -0.2) is 0 Å². The van der Waals surface area contributed by atoms with Crippen LogP contribution in [0.1, 0.15) is 18.5 Å². The summed E-state index contributed by atoms with van der Waals surface area (Å²) in [5.74, 6) is 0. The van der Waals surface area contributed by atoms with Gasteiger partial charge in [0, 0.05) is 23.6 Å². The van der Waals surface area contributed by atoms with Crippen molar-refractivity contribution in [3.63, 3.8) is 0 Å². The van der Waals surface area contributed by atoms with Crippen LogP contribution in [0.5, 0.6) is 0 Å². The molecule has 1 heterocycles. The van der Waals surface area contributed by atoms with Gasteiger partial charge in [0.05, 0.1) is 5.69 Å². The molecule has 6 heteroatoms. The van der Waals surface area contributed by atoms with Gasteiger partial charge in [-0.2, -0.15) is 13.2 Å². The van der Waals surface area contributed by atoms with Crippen LogP contribution in [0.2, 0.25) is 0 Å². The van der Waals surface area contributed by atoms with E-state index in [9.17, 15) is 13.2 Å². The second-order valence-corrected chi connectivity index (χ2v) is 4.28. The quantitative estimate of drug-likeness (QED) is 0.844. The summed E-state index contributed by atoms with van der Waals surface area (Å²) < 4.78 is 36.3. The summed E-state index contributed by atoms with van der Waals surface area (Å²) in [7, 11) is 0. The van der Waals surface area contributed by atoms with Crippen LogP contribution in [0.3, 0.4) is 0 Å². The maximum atomic E-state index is 11.8. The number of aromatic nitrogens is 1. The lowest BCUT2D eigenvalue weighted by atomic mass is 10.3. The Bertz CT molecular complexity index is 311. The van der Waals surface area contributed by atoms with Crippen molar-refractivity contribution >= 4 is 15.9 Å². The zero-order valence-electron chi connectivity index (χ0n) is 8.52. The van der Waals surface area contributed by atoms with E-state index < -0.39 is 12.6 Å². The molecule has 2 nitrogen and oxygen atoms in total. The van der Waals surface area contributed by atoms with Gasteiger partial charge in [-0.3, -0.25) is 4.98 Å². The molecule has 0 saturated carbocycles. The predicted molar refractivity (Wildman–Crippen MR) is 58.9 cm³/mol. The molecule has 0 amide bonds. The highest BCUT2D eigenvalue weighted by Crippen LogP contribution is 2.20. The summed E-state index contributed by atoms with van der Waals surface area (Å²) in [6.45, 7) is 0.836. The first-order valence-corrected chi connectivity index (χ1v) is 5.64. The fourth-order valence-electron chi connectivity index (χ4n) is 1.14. The lowest BCUT2D eigenvalue weighted by Gasteiger charge is -2.06. The van der Waals surface area contributed by atoms with E-state index >= 15 is 0 Å². The van der Waals surface area contributed by atoms with E-state index in [-0.39, 0.29) is 6.42 Å². The molecule has 1 N–H and O–H groups in total. The van der Waals surface area contributed by atoms with Crippen molar-refractivity contribution < 1.29 is 13.2 Å². The highest BCUT2D eigenvalue weighted by Gasteiger charge is 2.25. The summed E-state index contributed by atoms with van der Waals surface area (Å²) in [6, 6.07) is 3.67. The monoisotopic (exact) mass is 296 g/mol. The first-order chi connectivity index (χ1) is 7.47. The standard InChI is InChI=1S/C10H12BrF3N2/c11-8-2-3-9(16-6-8)7-15-5-1-4-10(12,13)14/h2-3,6,15H,1,4-5,7H2. The molecule has 0 aliphatic carbocycles. The molecule has 0 spiro atoms. The Morgan fingerprint density at radius 3 is 2.62 bits per heavy atom. The number of halogens is 4. The number of hydrogen-bond acceptors (Lipinski definition) is 2. The zero-order chi connectivity index (χ0) is 12.0. The molecule has 0 bridgehead atoms. The molecule has 0 aliphatic rings. The fourth-order valence-corrected chi connectivity index (χ4v) is 1.38. The summed E-state index contributed by atoms with van der Waals surface area (Å²) in [4.78, 5) is 4.09. The molecule has 0 fully saturated rings. The van der Waals surface area contributed by atoms with Gasteiger partial charge in [0.2, 0.25) is 0 Å². The number of nitrogens with zero attached hydrogens (tertiary/aromatic N) is 1. The SMILES string of the molecule is FC(F)(F)CCCNCc1ccc(Br)cn1. The summed E-state index contributed by atoms with van der Waals surface area (Å²) in [5, 5.41) is 2.92. The van der Waals surface area contributed by atoms with Crippen molar-refractivity contribution in [1.29, 1.82) is 0 Å². The number of hydrogen-bond donors (Lipinski definition) is 1. The van der Waals surface area contributed by atoms with Crippen LogP contribution >= 0.6 is 15.9 Å². The average Bonchev–Trinajstić information content (AvgIpc) is 2.19. The molecule has 0 aromatic carbocycles. The highest BCUT2D eigenvalue weighted by molar-refractivity contribution is 9.10. The Kier molecular flexibility index (Phi) is 5.21. The van der Waals surface area contributed by atoms with Crippen molar-refractivity contribution in [2.24, 2.45) is 0 Å². The van der Waals surface area contributed by atoms with Crippen LogP contribution in [0, 0.1) is 0 Å². The molecule has 1 rings (SSSR count). The van der Waals surface area contributed by atoms with Crippen LogP contribution in [0.15, 0.2) is 22.8 Å². The van der Waals surface area contributed by atoms with E-state index in [1.807, 2.05) is 12.1 Å². The molecule has 1 aromatic heterocycles. The van der Waals surface area contributed by atoms with Gasteiger partial charge < -0.3 is 5.32 Å². The molecule has 16 heavy (non-hydrogen) atoms.